The fourth-order valence-electron chi connectivity index (χ4n) is 6.20. The van der Waals surface area contributed by atoms with Gasteiger partial charge < -0.3 is 24.8 Å². The number of benzene rings is 4. The quantitative estimate of drug-likeness (QED) is 0.247. The van der Waals surface area contributed by atoms with Crippen LogP contribution in [0.5, 0.6) is 0 Å². The summed E-state index contributed by atoms with van der Waals surface area (Å²) in [5.41, 5.74) is 12.1. The van der Waals surface area contributed by atoms with Crippen LogP contribution in [-0.4, -0.2) is 0 Å². The van der Waals surface area contributed by atoms with Crippen molar-refractivity contribution in [2.75, 3.05) is 0 Å². The molecule has 223 valence electrons. The molecule has 0 spiro atoms. The summed E-state index contributed by atoms with van der Waals surface area (Å²) in [6.45, 7) is 13.8. The van der Waals surface area contributed by atoms with Crippen molar-refractivity contribution in [3.8, 4) is 11.1 Å². The molecule has 0 unspecified atom stereocenters. The standard InChI is InChI=1S/C39H35Cl2.2ClH.Zr/c1-38(2,3)28-17-18-31-27(19-28)22-33-32(31)23-34(37(39(4,5)6)36(33)24-11-7-8-12-24)35(25-13-9-15-29(40)20-25)26-14-10-16-30(41)21-26;;;/h7-11,13-21,23H,12H2,1-6H3;2*1H;/q-1;;;+3/p-2. The van der Waals surface area contributed by atoms with E-state index in [-0.39, 0.29) is 61.8 Å². The van der Waals surface area contributed by atoms with Gasteiger partial charge in [0.15, 0.2) is 0 Å². The molecule has 2 aliphatic carbocycles. The largest absolute Gasteiger partial charge is 3.00 e. The molecule has 0 nitrogen and oxygen atoms in total. The molecule has 6 rings (SSSR count). The monoisotopic (exact) mass is 733 g/mol. The Balaban J connectivity index is 0.00000176. The van der Waals surface area contributed by atoms with Crippen LogP contribution in [0.2, 0.25) is 10.0 Å². The molecule has 2 aliphatic rings. The van der Waals surface area contributed by atoms with Gasteiger partial charge in [0.1, 0.15) is 0 Å². The molecule has 1 radical (unpaired) electrons. The van der Waals surface area contributed by atoms with E-state index in [9.17, 15) is 0 Å². The Morgan fingerprint density at radius 2 is 1.34 bits per heavy atom. The molecule has 0 aliphatic heterocycles. The van der Waals surface area contributed by atoms with Gasteiger partial charge in [-0.2, -0.15) is 0 Å². The van der Waals surface area contributed by atoms with Gasteiger partial charge in [-0.15, -0.1) is 34.1 Å². The average Bonchev–Trinajstić information content (AvgIpc) is 3.55. The minimum Gasteiger partial charge on any atom is -1.00 e. The summed E-state index contributed by atoms with van der Waals surface area (Å²) in [7, 11) is 0. The number of rotatable bonds is 3. The van der Waals surface area contributed by atoms with Crippen LogP contribution in [0.3, 0.4) is 0 Å². The number of allylic oxidation sites excluding steroid dienone is 4. The minimum absolute atomic E-state index is 0. The summed E-state index contributed by atoms with van der Waals surface area (Å²) in [6, 6.07) is 25.7. The Morgan fingerprint density at radius 1 is 0.727 bits per heavy atom. The van der Waals surface area contributed by atoms with Crippen LogP contribution in [0.15, 0.2) is 91.0 Å². The zero-order valence-corrected chi connectivity index (χ0v) is 31.4. The second-order valence-electron chi connectivity index (χ2n) is 13.2. The SMILES string of the molecule is CC(C)(C)c1ccc2c(c1)[C-]=c1c-2cc(=C(c2cccc(Cl)c2)c2cccc(Cl)c2)c(C(C)(C)C)c1C1=CC=CC1.[Cl-].[Cl-].[Zr+3]. The van der Waals surface area contributed by atoms with Crippen LogP contribution in [0.25, 0.3) is 28.3 Å². The molecule has 0 atom stereocenters. The van der Waals surface area contributed by atoms with Crippen molar-refractivity contribution in [1.82, 2.24) is 0 Å². The maximum Gasteiger partial charge on any atom is 3.00 e. The zero-order valence-electron chi connectivity index (χ0n) is 25.9. The van der Waals surface area contributed by atoms with Gasteiger partial charge in [-0.05, 0) is 63.4 Å². The van der Waals surface area contributed by atoms with Gasteiger partial charge in [-0.25, -0.2) is 0 Å². The maximum atomic E-state index is 6.61. The first-order valence-corrected chi connectivity index (χ1v) is 15.1. The molecular formula is C39H35Cl4Zr. The summed E-state index contributed by atoms with van der Waals surface area (Å²) in [5, 5.41) is 3.83. The van der Waals surface area contributed by atoms with Crippen LogP contribution in [0, 0.1) is 0 Å². The molecular weight excluding hydrogens is 701 g/mol. The number of fused-ring (bicyclic) bond motifs is 3. The normalized spacial score (nSPS) is 13.0. The van der Waals surface area contributed by atoms with E-state index in [1.54, 1.807) is 0 Å². The third-order valence-corrected chi connectivity index (χ3v) is 8.57. The molecule has 0 saturated carbocycles. The van der Waals surface area contributed by atoms with Crippen LogP contribution in [0.4, 0.5) is 0 Å². The molecule has 0 heterocycles. The molecule has 4 aromatic rings. The Bertz CT molecular complexity index is 1850. The average molecular weight is 737 g/mol. The van der Waals surface area contributed by atoms with Gasteiger partial charge in [0.05, 0.1) is 0 Å². The first-order chi connectivity index (χ1) is 19.4. The van der Waals surface area contributed by atoms with E-state index < -0.39 is 0 Å². The van der Waals surface area contributed by atoms with E-state index in [1.807, 2.05) is 24.3 Å². The van der Waals surface area contributed by atoms with Gasteiger partial charge in [0, 0.05) is 10.0 Å². The molecule has 0 bridgehead atoms. The predicted molar refractivity (Wildman–Crippen MR) is 177 cm³/mol. The Kier molecular flexibility index (Phi) is 11.5. The molecule has 0 aromatic heterocycles. The van der Waals surface area contributed by atoms with E-state index in [1.165, 1.54) is 49.4 Å². The van der Waals surface area contributed by atoms with E-state index in [0.717, 1.165) is 23.1 Å². The van der Waals surface area contributed by atoms with E-state index in [0.29, 0.717) is 10.0 Å². The van der Waals surface area contributed by atoms with Gasteiger partial charge in [-0.3, -0.25) is 0 Å². The molecule has 0 fully saturated rings. The van der Waals surface area contributed by atoms with Gasteiger partial charge in [0.25, 0.3) is 0 Å². The second kappa shape index (κ2) is 13.9. The first-order valence-electron chi connectivity index (χ1n) is 14.3. The van der Waals surface area contributed by atoms with Crippen molar-refractivity contribution >= 4 is 40.4 Å². The first kappa shape index (κ1) is 36.6. The number of halogens is 4. The minimum atomic E-state index is -0.154. The van der Waals surface area contributed by atoms with Gasteiger partial charge in [0.2, 0.25) is 0 Å². The van der Waals surface area contributed by atoms with E-state index in [2.05, 4.69) is 114 Å². The molecule has 5 heteroatoms. The molecule has 0 amide bonds. The van der Waals surface area contributed by atoms with Crippen molar-refractivity contribution < 1.29 is 51.0 Å². The van der Waals surface area contributed by atoms with E-state index >= 15 is 0 Å². The summed E-state index contributed by atoms with van der Waals surface area (Å²) < 4.78 is 0. The topological polar surface area (TPSA) is 0 Å². The fraction of sp³-hybridized carbons (Fsp3) is 0.231. The third kappa shape index (κ3) is 6.94. The maximum absolute atomic E-state index is 6.61. The molecule has 0 saturated heterocycles. The van der Waals surface area contributed by atoms with Gasteiger partial charge >= 0.3 is 26.2 Å². The predicted octanol–water partition coefficient (Wildman–Crippen LogP) is 3.87. The van der Waals surface area contributed by atoms with Crippen molar-refractivity contribution in [2.24, 2.45) is 0 Å². The van der Waals surface area contributed by atoms with Crippen molar-refractivity contribution in [3.05, 3.63) is 145 Å². The summed E-state index contributed by atoms with van der Waals surface area (Å²) >= 11 is 13.2. The molecule has 44 heavy (non-hydrogen) atoms. The van der Waals surface area contributed by atoms with Crippen LogP contribution in [-0.2, 0) is 37.0 Å². The smallest absolute Gasteiger partial charge is 1.00 e. The molecule has 0 N–H and O–H groups in total. The van der Waals surface area contributed by atoms with E-state index in [4.69, 9.17) is 23.2 Å². The van der Waals surface area contributed by atoms with Crippen LogP contribution >= 0.6 is 23.2 Å². The Hall–Kier alpha value is -1.86. The van der Waals surface area contributed by atoms with Crippen molar-refractivity contribution in [1.29, 1.82) is 0 Å². The fourth-order valence-corrected chi connectivity index (χ4v) is 6.59. The Labute approximate surface area is 303 Å². The second-order valence-corrected chi connectivity index (χ2v) is 14.1. The summed E-state index contributed by atoms with van der Waals surface area (Å²) in [6.07, 6.45) is 11.5. The van der Waals surface area contributed by atoms with Crippen molar-refractivity contribution in [3.63, 3.8) is 0 Å². The van der Waals surface area contributed by atoms with Gasteiger partial charge in [-0.1, -0.05) is 148 Å². The number of hydrogen-bond acceptors (Lipinski definition) is 0. The summed E-state index contributed by atoms with van der Waals surface area (Å²) in [5.74, 6) is 0. The summed E-state index contributed by atoms with van der Waals surface area (Å²) in [4.78, 5) is 0. The van der Waals surface area contributed by atoms with Crippen LogP contribution < -0.4 is 35.3 Å². The number of hydrogen-bond donors (Lipinski definition) is 0. The van der Waals surface area contributed by atoms with Crippen molar-refractivity contribution in [2.45, 2.75) is 58.8 Å². The zero-order chi connectivity index (χ0) is 29.1. The molecule has 4 aromatic carbocycles. The third-order valence-electron chi connectivity index (χ3n) is 8.10. The Morgan fingerprint density at radius 3 is 1.84 bits per heavy atom. The van der Waals surface area contributed by atoms with Crippen LogP contribution in [0.1, 0.15) is 81.3 Å².